The molecule has 0 saturated heterocycles. The maximum atomic E-state index is 12.2. The average molecular weight is 591 g/mol. The second-order valence-corrected chi connectivity index (χ2v) is 9.95. The average Bonchev–Trinajstić information content (AvgIpc) is 2.95. The summed E-state index contributed by atoms with van der Waals surface area (Å²) in [5.74, 6) is -1.98. The Morgan fingerprint density at radius 1 is 0.463 bits per heavy atom. The smallest absolute Gasteiger partial charge is 0.305 e. The predicted molar refractivity (Wildman–Crippen MR) is 143 cm³/mol. The number of carbonyl (C=O) groups excluding carboxylic acids is 6. The first kappa shape index (κ1) is 37.8. The summed E-state index contributed by atoms with van der Waals surface area (Å²) in [5, 5.41) is 0. The Balaban J connectivity index is 6.06. The van der Waals surface area contributed by atoms with Crippen LogP contribution in [-0.2, 0) is 61.9 Å². The van der Waals surface area contributed by atoms with E-state index in [0.29, 0.717) is 25.7 Å². The molecule has 0 bridgehead atoms. The van der Waals surface area contributed by atoms with E-state index in [1.807, 2.05) is 20.8 Å². The van der Waals surface area contributed by atoms with Crippen LogP contribution in [0.15, 0.2) is 0 Å². The lowest BCUT2D eigenvalue weighted by atomic mass is 9.90. The molecule has 0 spiro atoms. The Hall–Kier alpha value is -3.22. The summed E-state index contributed by atoms with van der Waals surface area (Å²) >= 11 is 0. The number of hydrogen-bond donors (Lipinski definition) is 0. The van der Waals surface area contributed by atoms with Gasteiger partial charge in [-0.1, -0.05) is 27.7 Å². The second kappa shape index (κ2) is 22.5. The summed E-state index contributed by atoms with van der Waals surface area (Å²) in [7, 11) is 0. The molecular formula is C28H46O13. The molecule has 0 aromatic heterocycles. The van der Waals surface area contributed by atoms with Gasteiger partial charge in [0, 0.05) is 25.7 Å². The monoisotopic (exact) mass is 590 g/mol. The first-order valence-corrected chi connectivity index (χ1v) is 14.0. The SMILES string of the molecule is CCCC(=O)OCC(COC=O)(COC=O)COCC(COC(=O)CCC)(COC(=O)CCC)COC(=O)CCC. The number of carbonyl (C=O) groups is 6. The Morgan fingerprint density at radius 3 is 0.976 bits per heavy atom. The van der Waals surface area contributed by atoms with Gasteiger partial charge in [0.15, 0.2) is 0 Å². The Bertz CT molecular complexity index is 729. The molecule has 13 heteroatoms. The topological polar surface area (TPSA) is 167 Å². The van der Waals surface area contributed by atoms with Crippen molar-refractivity contribution < 1.29 is 61.9 Å². The van der Waals surface area contributed by atoms with Gasteiger partial charge in [0.05, 0.1) is 24.0 Å². The zero-order chi connectivity index (χ0) is 31.0. The highest BCUT2D eigenvalue weighted by Crippen LogP contribution is 2.26. The van der Waals surface area contributed by atoms with Crippen LogP contribution in [0.3, 0.4) is 0 Å². The number of rotatable bonds is 26. The van der Waals surface area contributed by atoms with Crippen molar-refractivity contribution in [2.75, 3.05) is 52.9 Å². The molecule has 236 valence electrons. The van der Waals surface area contributed by atoms with Crippen molar-refractivity contribution in [2.45, 2.75) is 79.1 Å². The molecule has 0 amide bonds. The molecule has 0 fully saturated rings. The molecule has 0 N–H and O–H groups in total. The van der Waals surface area contributed by atoms with Crippen molar-refractivity contribution in [1.82, 2.24) is 0 Å². The van der Waals surface area contributed by atoms with Crippen molar-refractivity contribution in [2.24, 2.45) is 10.8 Å². The van der Waals surface area contributed by atoms with E-state index in [0.717, 1.165) is 0 Å². The fraction of sp³-hybridized carbons (Fsp3) is 0.786. The van der Waals surface area contributed by atoms with Gasteiger partial charge in [-0.2, -0.15) is 0 Å². The molecule has 0 aromatic carbocycles. The minimum absolute atomic E-state index is 0.151. The van der Waals surface area contributed by atoms with E-state index in [2.05, 4.69) is 0 Å². The highest BCUT2D eigenvalue weighted by molar-refractivity contribution is 5.70. The van der Waals surface area contributed by atoms with Crippen LogP contribution < -0.4 is 0 Å². The van der Waals surface area contributed by atoms with Gasteiger partial charge in [-0.15, -0.1) is 0 Å². The van der Waals surface area contributed by atoms with E-state index in [4.69, 9.17) is 33.2 Å². The summed E-state index contributed by atoms with van der Waals surface area (Å²) in [6.45, 7) is 5.30. The molecular weight excluding hydrogens is 544 g/mol. The van der Waals surface area contributed by atoms with Crippen LogP contribution >= 0.6 is 0 Å². The van der Waals surface area contributed by atoms with E-state index in [1.165, 1.54) is 0 Å². The summed E-state index contributed by atoms with van der Waals surface area (Å²) < 4.78 is 37.5. The van der Waals surface area contributed by atoms with Gasteiger partial charge >= 0.3 is 23.9 Å². The molecule has 13 nitrogen and oxygen atoms in total. The summed E-state index contributed by atoms with van der Waals surface area (Å²) in [5.41, 5.74) is -2.58. The number of ether oxygens (including phenoxy) is 7. The van der Waals surface area contributed by atoms with Crippen molar-refractivity contribution in [1.29, 1.82) is 0 Å². The van der Waals surface area contributed by atoms with Crippen LogP contribution in [0.5, 0.6) is 0 Å². The molecule has 0 aliphatic rings. The lowest BCUT2D eigenvalue weighted by molar-refractivity contribution is -0.172. The zero-order valence-corrected chi connectivity index (χ0v) is 24.8. The third-order valence-electron chi connectivity index (χ3n) is 5.71. The standard InChI is InChI=1S/C28H46O13/c1-5-9-23(31)38-17-27(15-36-21-29,16-37-22-30)13-35-14-28(18-39-24(32)10-6-2,19-40-25(33)11-7-3)20-41-26(34)12-8-4/h21-22H,5-20H2,1-4H3. The van der Waals surface area contributed by atoms with Crippen molar-refractivity contribution in [3.05, 3.63) is 0 Å². The summed E-state index contributed by atoms with van der Waals surface area (Å²) in [6.07, 6.45) is 2.80. The Labute approximate surface area is 241 Å². The molecule has 0 rings (SSSR count). The van der Waals surface area contributed by atoms with Crippen LogP contribution in [-0.4, -0.2) is 89.7 Å². The quantitative estimate of drug-likeness (QED) is 0.0820. The van der Waals surface area contributed by atoms with Crippen molar-refractivity contribution in [3.63, 3.8) is 0 Å². The molecule has 41 heavy (non-hydrogen) atoms. The number of esters is 4. The molecule has 0 atom stereocenters. The van der Waals surface area contributed by atoms with Crippen molar-refractivity contribution >= 4 is 36.8 Å². The Kier molecular flexibility index (Phi) is 20.7. The lowest BCUT2D eigenvalue weighted by Crippen LogP contribution is -2.46. The van der Waals surface area contributed by atoms with Crippen LogP contribution in [0.25, 0.3) is 0 Å². The van der Waals surface area contributed by atoms with E-state index in [9.17, 15) is 28.8 Å². The van der Waals surface area contributed by atoms with E-state index >= 15 is 0 Å². The highest BCUT2D eigenvalue weighted by atomic mass is 16.6. The van der Waals surface area contributed by atoms with Gasteiger partial charge in [0.25, 0.3) is 12.9 Å². The highest BCUT2D eigenvalue weighted by Gasteiger charge is 2.40. The molecule has 0 saturated carbocycles. The van der Waals surface area contributed by atoms with Crippen LogP contribution in [0.1, 0.15) is 79.1 Å². The van der Waals surface area contributed by atoms with Gasteiger partial charge in [-0.3, -0.25) is 28.8 Å². The minimum atomic E-state index is -1.29. The minimum Gasteiger partial charge on any atom is -0.467 e. The van der Waals surface area contributed by atoms with Gasteiger partial charge in [-0.05, 0) is 25.7 Å². The normalized spacial score (nSPS) is 11.2. The van der Waals surface area contributed by atoms with E-state index < -0.39 is 34.7 Å². The molecule has 0 aliphatic heterocycles. The fourth-order valence-electron chi connectivity index (χ4n) is 3.45. The van der Waals surface area contributed by atoms with Crippen molar-refractivity contribution in [3.8, 4) is 0 Å². The summed E-state index contributed by atoms with van der Waals surface area (Å²) in [4.78, 5) is 70.7. The third kappa shape index (κ3) is 17.3. The van der Waals surface area contributed by atoms with Gasteiger partial charge in [0.1, 0.15) is 39.6 Å². The lowest BCUT2D eigenvalue weighted by Gasteiger charge is -2.35. The molecule has 0 aliphatic carbocycles. The molecule has 0 unspecified atom stereocenters. The van der Waals surface area contributed by atoms with Gasteiger partial charge in [0.2, 0.25) is 0 Å². The predicted octanol–water partition coefficient (Wildman–Crippen LogP) is 2.70. The fourth-order valence-corrected chi connectivity index (χ4v) is 3.45. The van der Waals surface area contributed by atoms with Gasteiger partial charge < -0.3 is 33.2 Å². The van der Waals surface area contributed by atoms with E-state index in [1.54, 1.807) is 6.92 Å². The van der Waals surface area contributed by atoms with Crippen LogP contribution in [0, 0.1) is 10.8 Å². The van der Waals surface area contributed by atoms with Crippen LogP contribution in [0.2, 0.25) is 0 Å². The van der Waals surface area contributed by atoms with E-state index in [-0.39, 0.29) is 91.5 Å². The maximum Gasteiger partial charge on any atom is 0.305 e. The molecule has 0 aromatic rings. The largest absolute Gasteiger partial charge is 0.467 e. The van der Waals surface area contributed by atoms with Gasteiger partial charge in [-0.25, -0.2) is 0 Å². The third-order valence-corrected chi connectivity index (χ3v) is 5.71. The second-order valence-electron chi connectivity index (χ2n) is 9.95. The maximum absolute atomic E-state index is 12.2. The number of hydrogen-bond acceptors (Lipinski definition) is 13. The molecule has 0 heterocycles. The van der Waals surface area contributed by atoms with Crippen LogP contribution in [0.4, 0.5) is 0 Å². The Morgan fingerprint density at radius 2 is 0.732 bits per heavy atom. The summed E-state index contributed by atoms with van der Waals surface area (Å²) in [6, 6.07) is 0. The first-order valence-electron chi connectivity index (χ1n) is 14.0. The first-order chi connectivity index (χ1) is 19.6. The molecule has 0 radical (unpaired) electrons. The zero-order valence-electron chi connectivity index (χ0n) is 24.8.